The molecule has 0 radical (unpaired) electrons. The minimum absolute atomic E-state index is 0.0777. The van der Waals surface area contributed by atoms with Crippen molar-refractivity contribution in [2.24, 2.45) is 5.92 Å². The lowest BCUT2D eigenvalue weighted by Crippen LogP contribution is -2.47. The van der Waals surface area contributed by atoms with E-state index in [0.717, 1.165) is 72.9 Å². The Morgan fingerprint density at radius 3 is 2.35 bits per heavy atom. The number of likely N-dealkylation sites (tertiary alicyclic amines) is 1. The average molecular weight is 512 g/mol. The molecule has 1 nitrogen and oxygen atoms in total. The maximum atomic E-state index is 14.3. The number of nitrogens with zero attached hydrogens (tertiary/aromatic N) is 1. The van der Waals surface area contributed by atoms with Gasteiger partial charge in [-0.3, -0.25) is 4.39 Å². The summed E-state index contributed by atoms with van der Waals surface area (Å²) < 4.78 is 68.7. The van der Waals surface area contributed by atoms with Crippen LogP contribution >= 0.6 is 0 Å². The van der Waals surface area contributed by atoms with Gasteiger partial charge in [-0.15, -0.1) is 0 Å². The largest absolute Gasteiger partial charge is 0.416 e. The van der Waals surface area contributed by atoms with Crippen LogP contribution in [0.1, 0.15) is 52.6 Å². The second-order valence-electron chi connectivity index (χ2n) is 10.1. The van der Waals surface area contributed by atoms with Gasteiger partial charge in [0.2, 0.25) is 0 Å². The molecule has 2 aliphatic rings. The molecule has 0 amide bonds. The van der Waals surface area contributed by atoms with Crippen molar-refractivity contribution < 1.29 is 22.0 Å². The van der Waals surface area contributed by atoms with Crippen LogP contribution in [0.4, 0.5) is 22.0 Å². The Kier molecular flexibility index (Phi) is 7.47. The summed E-state index contributed by atoms with van der Waals surface area (Å²) in [5, 5.41) is 0. The number of hydrogen-bond donors (Lipinski definition) is 0. The van der Waals surface area contributed by atoms with Crippen molar-refractivity contribution >= 4 is 11.1 Å². The Labute approximate surface area is 214 Å². The SMILES string of the molecule is FCCCN1CC(Cc2ccc(C3=C(c4cc(F)ccc4C(F)(F)F)CCCc4ccccc43)cc2)C1. The van der Waals surface area contributed by atoms with Crippen LogP contribution in [0.3, 0.4) is 0 Å². The number of rotatable bonds is 7. The molecule has 1 saturated heterocycles. The molecule has 1 fully saturated rings. The zero-order valence-corrected chi connectivity index (χ0v) is 20.6. The summed E-state index contributed by atoms with van der Waals surface area (Å²) in [5.41, 5.74) is 4.40. The summed E-state index contributed by atoms with van der Waals surface area (Å²) in [6.07, 6.45) is -1.24. The first-order chi connectivity index (χ1) is 17.8. The molecule has 5 rings (SSSR count). The predicted molar refractivity (Wildman–Crippen MR) is 137 cm³/mol. The molecule has 0 unspecified atom stereocenters. The second-order valence-corrected chi connectivity index (χ2v) is 10.1. The van der Waals surface area contributed by atoms with Gasteiger partial charge in [0.05, 0.1) is 12.2 Å². The summed E-state index contributed by atoms with van der Waals surface area (Å²) in [6.45, 7) is 2.43. The van der Waals surface area contributed by atoms with E-state index >= 15 is 0 Å². The van der Waals surface area contributed by atoms with E-state index in [2.05, 4.69) is 4.90 Å². The van der Waals surface area contributed by atoms with E-state index in [1.807, 2.05) is 48.5 Å². The lowest BCUT2D eigenvalue weighted by molar-refractivity contribution is -0.137. The first-order valence-corrected chi connectivity index (χ1v) is 12.9. The Balaban J connectivity index is 1.53. The van der Waals surface area contributed by atoms with Crippen LogP contribution < -0.4 is 0 Å². The minimum atomic E-state index is -4.59. The number of hydrogen-bond acceptors (Lipinski definition) is 1. The zero-order chi connectivity index (χ0) is 26.0. The molecule has 0 aromatic heterocycles. The monoisotopic (exact) mass is 511 g/mol. The van der Waals surface area contributed by atoms with Crippen molar-refractivity contribution in [3.8, 4) is 0 Å². The first kappa shape index (κ1) is 25.7. The van der Waals surface area contributed by atoms with E-state index in [1.165, 1.54) is 5.56 Å². The van der Waals surface area contributed by atoms with Gasteiger partial charge in [-0.2, -0.15) is 13.2 Å². The third kappa shape index (κ3) is 5.64. The molecule has 0 atom stereocenters. The van der Waals surface area contributed by atoms with Gasteiger partial charge in [-0.25, -0.2) is 4.39 Å². The fraction of sp³-hybridized carbons (Fsp3) is 0.355. The van der Waals surface area contributed by atoms with E-state index in [0.29, 0.717) is 30.8 Å². The molecule has 194 valence electrons. The number of aryl methyl sites for hydroxylation is 1. The Hall–Kier alpha value is -2.99. The maximum Gasteiger partial charge on any atom is 0.416 e. The fourth-order valence-electron chi connectivity index (χ4n) is 5.75. The zero-order valence-electron chi connectivity index (χ0n) is 20.6. The summed E-state index contributed by atoms with van der Waals surface area (Å²) >= 11 is 0. The molecule has 1 aliphatic heterocycles. The van der Waals surface area contributed by atoms with Crippen molar-refractivity contribution in [3.63, 3.8) is 0 Å². The number of halogens is 5. The summed E-state index contributed by atoms with van der Waals surface area (Å²) in [4.78, 5) is 2.26. The van der Waals surface area contributed by atoms with Gasteiger partial charge in [0.15, 0.2) is 0 Å². The standard InChI is InChI=1S/C31H30F5N/c32-15-4-16-37-19-22(20-37)17-21-9-11-24(12-10-21)30-26-7-2-1-5-23(26)6-3-8-27(30)28-18-25(33)13-14-29(28)31(34,35)36/h1-2,5,7,9-14,18,22H,3-4,6,8,15-17,19-20H2. The Morgan fingerprint density at radius 2 is 1.62 bits per heavy atom. The molecular formula is C31H30F5N. The van der Waals surface area contributed by atoms with E-state index < -0.39 is 17.6 Å². The van der Waals surface area contributed by atoms with Gasteiger partial charge >= 0.3 is 6.18 Å². The molecular weight excluding hydrogens is 481 g/mol. The molecule has 0 saturated carbocycles. The van der Waals surface area contributed by atoms with Crippen LogP contribution in [-0.4, -0.2) is 31.2 Å². The quantitative estimate of drug-likeness (QED) is 0.291. The van der Waals surface area contributed by atoms with Crippen molar-refractivity contribution in [2.45, 2.75) is 38.3 Å². The van der Waals surface area contributed by atoms with Gasteiger partial charge in [-0.05, 0) is 95.2 Å². The summed E-state index contributed by atoms with van der Waals surface area (Å²) in [6, 6.07) is 18.7. The average Bonchev–Trinajstić information content (AvgIpc) is 3.04. The first-order valence-electron chi connectivity index (χ1n) is 12.9. The van der Waals surface area contributed by atoms with E-state index in [9.17, 15) is 22.0 Å². The van der Waals surface area contributed by atoms with Gasteiger partial charge in [0.1, 0.15) is 5.82 Å². The van der Waals surface area contributed by atoms with Gasteiger partial charge in [0, 0.05) is 19.6 Å². The van der Waals surface area contributed by atoms with Crippen LogP contribution in [0.2, 0.25) is 0 Å². The lowest BCUT2D eigenvalue weighted by atomic mass is 9.85. The number of alkyl halides is 4. The second kappa shape index (κ2) is 10.8. The Bertz CT molecular complexity index is 1270. The highest BCUT2D eigenvalue weighted by Gasteiger charge is 2.35. The fourth-order valence-corrected chi connectivity index (χ4v) is 5.75. The third-order valence-corrected chi connectivity index (χ3v) is 7.48. The number of allylic oxidation sites excluding steroid dienone is 1. The van der Waals surface area contributed by atoms with Crippen LogP contribution in [0.15, 0.2) is 66.7 Å². The predicted octanol–water partition coefficient (Wildman–Crippen LogP) is 7.97. The van der Waals surface area contributed by atoms with Crippen molar-refractivity contribution in [2.75, 3.05) is 26.3 Å². The Morgan fingerprint density at radius 1 is 0.865 bits per heavy atom. The van der Waals surface area contributed by atoms with Crippen LogP contribution in [0.25, 0.3) is 11.1 Å². The molecule has 37 heavy (non-hydrogen) atoms. The number of benzene rings is 3. The highest BCUT2D eigenvalue weighted by Crippen LogP contribution is 2.44. The maximum absolute atomic E-state index is 14.3. The molecule has 1 heterocycles. The molecule has 1 aliphatic carbocycles. The van der Waals surface area contributed by atoms with Crippen LogP contribution in [0, 0.1) is 11.7 Å². The van der Waals surface area contributed by atoms with E-state index in [-0.39, 0.29) is 12.2 Å². The highest BCUT2D eigenvalue weighted by atomic mass is 19.4. The summed E-state index contributed by atoms with van der Waals surface area (Å²) in [5.74, 6) is -0.149. The molecule has 0 N–H and O–H groups in total. The minimum Gasteiger partial charge on any atom is -0.303 e. The van der Waals surface area contributed by atoms with Crippen molar-refractivity contribution in [1.82, 2.24) is 4.90 Å². The number of fused-ring (bicyclic) bond motifs is 1. The van der Waals surface area contributed by atoms with Gasteiger partial charge in [-0.1, -0.05) is 48.5 Å². The van der Waals surface area contributed by atoms with E-state index in [4.69, 9.17) is 0 Å². The topological polar surface area (TPSA) is 3.24 Å². The molecule has 0 spiro atoms. The van der Waals surface area contributed by atoms with Gasteiger partial charge in [0.25, 0.3) is 0 Å². The van der Waals surface area contributed by atoms with E-state index in [1.54, 1.807) is 0 Å². The smallest absolute Gasteiger partial charge is 0.303 e. The van der Waals surface area contributed by atoms with Crippen LogP contribution in [-0.2, 0) is 19.0 Å². The summed E-state index contributed by atoms with van der Waals surface area (Å²) in [7, 11) is 0. The molecule has 3 aromatic carbocycles. The lowest BCUT2D eigenvalue weighted by Gasteiger charge is -2.39. The molecule has 0 bridgehead atoms. The molecule has 3 aromatic rings. The third-order valence-electron chi connectivity index (χ3n) is 7.48. The normalized spacial score (nSPS) is 16.9. The van der Waals surface area contributed by atoms with Crippen LogP contribution in [0.5, 0.6) is 0 Å². The molecule has 6 heteroatoms. The highest BCUT2D eigenvalue weighted by molar-refractivity contribution is 6.00. The van der Waals surface area contributed by atoms with Gasteiger partial charge < -0.3 is 4.90 Å². The van der Waals surface area contributed by atoms with Crippen molar-refractivity contribution in [1.29, 1.82) is 0 Å². The van der Waals surface area contributed by atoms with Crippen molar-refractivity contribution in [3.05, 3.63) is 106 Å².